The molecule has 13 nitrogen and oxygen atoms in total. The Kier molecular flexibility index (Phi) is 9.88. The van der Waals surface area contributed by atoms with E-state index in [1.54, 1.807) is 12.1 Å². The average molecular weight is 652 g/mol. The summed E-state index contributed by atoms with van der Waals surface area (Å²) in [5.41, 5.74) is 1.40. The second kappa shape index (κ2) is 13.0. The highest BCUT2D eigenvalue weighted by atomic mass is 35.5. The largest absolute Gasteiger partial charge is 0.497 e. The van der Waals surface area contributed by atoms with Crippen LogP contribution in [0.1, 0.15) is 6.23 Å². The Morgan fingerprint density at radius 1 is 1.10 bits per heavy atom. The minimum absolute atomic E-state index is 0.00370. The molecule has 1 aliphatic heterocycles. The summed E-state index contributed by atoms with van der Waals surface area (Å²) in [6.07, 6.45) is -8.94. The molecule has 0 amide bonds. The van der Waals surface area contributed by atoms with Gasteiger partial charge in [0.05, 0.1) is 25.8 Å². The van der Waals surface area contributed by atoms with Crippen LogP contribution in [0.15, 0.2) is 59.5 Å². The molecule has 228 valence electrons. The molecule has 0 bridgehead atoms. The third-order valence-corrected chi connectivity index (χ3v) is 8.97. The number of aliphatic hydroxyl groups is 2. The lowest BCUT2D eigenvalue weighted by Crippen LogP contribution is -2.52. The van der Waals surface area contributed by atoms with Crippen molar-refractivity contribution in [2.75, 3.05) is 26.6 Å². The summed E-state index contributed by atoms with van der Waals surface area (Å²) in [5.74, 6) is 0.798. The SMILES string of the molecule is COc1ccc(OSP(=O)(OC[C@@]2(C(F)F)O[C@@H](n3cc(Cl)c(N)nc3=O)[C@H](O)[C@@H]2O)Oc2ccc(OC)cc2)cc1. The lowest BCUT2D eigenvalue weighted by atomic mass is 9.96. The molecule has 4 rings (SSSR count). The van der Waals surface area contributed by atoms with Crippen LogP contribution in [0.5, 0.6) is 23.0 Å². The zero-order valence-electron chi connectivity index (χ0n) is 21.8. The summed E-state index contributed by atoms with van der Waals surface area (Å²) in [6.45, 7) is -5.83. The van der Waals surface area contributed by atoms with E-state index >= 15 is 0 Å². The summed E-state index contributed by atoms with van der Waals surface area (Å²) in [6, 6.07) is 11.8. The monoisotopic (exact) mass is 651 g/mol. The van der Waals surface area contributed by atoms with Gasteiger partial charge in [0.25, 0.3) is 6.43 Å². The summed E-state index contributed by atoms with van der Waals surface area (Å²) in [5, 5.41) is 21.1. The lowest BCUT2D eigenvalue weighted by molar-refractivity contribution is -0.192. The maximum atomic E-state index is 14.5. The second-order valence-electron chi connectivity index (χ2n) is 8.68. The highest BCUT2D eigenvalue weighted by Crippen LogP contribution is 2.61. The number of alkyl halides is 2. The number of aromatic nitrogens is 2. The van der Waals surface area contributed by atoms with Crippen LogP contribution in [0.2, 0.25) is 5.02 Å². The van der Waals surface area contributed by atoms with E-state index in [1.807, 2.05) is 0 Å². The summed E-state index contributed by atoms with van der Waals surface area (Å²) in [4.78, 5) is 15.8. The second-order valence-corrected chi connectivity index (χ2v) is 12.5. The zero-order valence-corrected chi connectivity index (χ0v) is 24.3. The van der Waals surface area contributed by atoms with Gasteiger partial charge in [0.1, 0.15) is 41.0 Å². The number of nitrogens with zero attached hydrogens (tertiary/aromatic N) is 2. The Morgan fingerprint density at radius 3 is 2.19 bits per heavy atom. The molecule has 1 fully saturated rings. The Morgan fingerprint density at radius 2 is 1.64 bits per heavy atom. The van der Waals surface area contributed by atoms with Crippen molar-refractivity contribution < 1.29 is 51.0 Å². The number of rotatable bonds is 12. The molecular weight excluding hydrogens is 627 g/mol. The average Bonchev–Trinajstić information content (AvgIpc) is 3.24. The van der Waals surface area contributed by atoms with E-state index in [4.69, 9.17) is 44.8 Å². The van der Waals surface area contributed by atoms with Crippen molar-refractivity contribution in [1.82, 2.24) is 9.55 Å². The molecule has 18 heteroatoms. The van der Waals surface area contributed by atoms with Crippen LogP contribution in [-0.2, 0) is 13.8 Å². The number of hydrogen-bond acceptors (Lipinski definition) is 13. The van der Waals surface area contributed by atoms with Gasteiger partial charge in [-0.15, -0.1) is 0 Å². The molecule has 2 aromatic carbocycles. The Balaban J connectivity index is 1.61. The Hall–Kier alpha value is -3.11. The van der Waals surface area contributed by atoms with E-state index in [1.165, 1.54) is 50.6 Å². The molecule has 1 saturated heterocycles. The van der Waals surface area contributed by atoms with E-state index in [-0.39, 0.29) is 34.0 Å². The van der Waals surface area contributed by atoms with Gasteiger partial charge < -0.3 is 38.9 Å². The molecule has 1 aromatic heterocycles. The van der Waals surface area contributed by atoms with Crippen LogP contribution in [-0.4, -0.2) is 64.8 Å². The van der Waals surface area contributed by atoms with Crippen LogP contribution in [0.4, 0.5) is 14.6 Å². The third kappa shape index (κ3) is 6.75. The van der Waals surface area contributed by atoms with Gasteiger partial charge in [-0.05, 0) is 48.5 Å². The highest BCUT2D eigenvalue weighted by molar-refractivity contribution is 8.52. The molecule has 0 spiro atoms. The maximum absolute atomic E-state index is 14.5. The van der Waals surface area contributed by atoms with E-state index in [0.29, 0.717) is 16.1 Å². The number of nitrogen functional groups attached to an aromatic ring is 1. The fourth-order valence-corrected chi connectivity index (χ4v) is 6.23. The number of aliphatic hydroxyl groups excluding tert-OH is 2. The van der Waals surface area contributed by atoms with Crippen molar-refractivity contribution >= 4 is 35.9 Å². The fourth-order valence-electron chi connectivity index (χ4n) is 3.76. The normalized spacial score (nSPS) is 23.4. The van der Waals surface area contributed by atoms with Crippen molar-refractivity contribution in [2.45, 2.75) is 30.5 Å². The minimum Gasteiger partial charge on any atom is -0.497 e. The number of anilines is 1. The Bertz CT molecular complexity index is 1490. The maximum Gasteiger partial charge on any atom is 0.478 e. The van der Waals surface area contributed by atoms with Crippen LogP contribution < -0.4 is 29.6 Å². The van der Waals surface area contributed by atoms with Crippen LogP contribution >= 0.6 is 30.1 Å². The lowest BCUT2D eigenvalue weighted by Gasteiger charge is -2.31. The van der Waals surface area contributed by atoms with Gasteiger partial charge in [-0.25, -0.2) is 18.1 Å². The minimum atomic E-state index is -4.55. The molecule has 0 saturated carbocycles. The number of halogens is 3. The smallest absolute Gasteiger partial charge is 0.478 e. The van der Waals surface area contributed by atoms with E-state index in [0.717, 1.165) is 6.20 Å². The molecule has 2 heterocycles. The van der Waals surface area contributed by atoms with Gasteiger partial charge in [0, 0.05) is 6.20 Å². The highest BCUT2D eigenvalue weighted by Gasteiger charge is 2.62. The van der Waals surface area contributed by atoms with E-state index in [9.17, 15) is 28.4 Å². The first-order valence-corrected chi connectivity index (χ1v) is 15.1. The molecule has 4 N–H and O–H groups in total. The molecule has 3 aromatic rings. The number of methoxy groups -OCH3 is 2. The van der Waals surface area contributed by atoms with Gasteiger partial charge in [-0.3, -0.25) is 9.09 Å². The Labute approximate surface area is 246 Å². The molecule has 42 heavy (non-hydrogen) atoms. The van der Waals surface area contributed by atoms with Crippen molar-refractivity contribution in [3.63, 3.8) is 0 Å². The van der Waals surface area contributed by atoms with Crippen molar-refractivity contribution in [2.24, 2.45) is 0 Å². The van der Waals surface area contributed by atoms with Gasteiger partial charge in [0.15, 0.2) is 23.5 Å². The van der Waals surface area contributed by atoms with E-state index < -0.39 is 49.6 Å². The van der Waals surface area contributed by atoms with Crippen molar-refractivity contribution in [1.29, 1.82) is 0 Å². The fraction of sp³-hybridized carbons (Fsp3) is 0.333. The quantitative estimate of drug-likeness (QED) is 0.191. The molecular formula is C24H25ClF2N3O10PS. The number of hydrogen-bond donors (Lipinski definition) is 3. The summed E-state index contributed by atoms with van der Waals surface area (Å²) < 4.78 is 75.4. The first kappa shape index (κ1) is 31.8. The summed E-state index contributed by atoms with van der Waals surface area (Å²) >= 11 is 6.09. The number of ether oxygens (including phenoxy) is 3. The van der Waals surface area contributed by atoms with Crippen LogP contribution in [0, 0.1) is 0 Å². The first-order valence-electron chi connectivity index (χ1n) is 11.9. The van der Waals surface area contributed by atoms with Gasteiger partial charge in [0.2, 0.25) is 0 Å². The predicted octanol–water partition coefficient (Wildman–Crippen LogP) is 3.68. The van der Waals surface area contributed by atoms with Crippen LogP contribution in [0.25, 0.3) is 0 Å². The topological polar surface area (TPSA) is 174 Å². The first-order chi connectivity index (χ1) is 19.9. The van der Waals surface area contributed by atoms with Crippen molar-refractivity contribution in [3.8, 4) is 23.0 Å². The van der Waals surface area contributed by atoms with Crippen molar-refractivity contribution in [3.05, 3.63) is 70.2 Å². The molecule has 5 atom stereocenters. The standard InChI is InChI=1S/C24H25ClF2N3O10PS/c1-35-13-3-7-15(8-4-13)39-41(34,42-40-16-9-5-14(36-2)6-10-16)37-12-24(22(26)27)19(32)18(31)21(38-24)30-11-17(25)20(28)29-23(30)33/h3-11,18-19,21-22,31-32H,12H2,1-2H3,(H2,28,29,33)/t18-,19+,21-,24-,41?/m1/s1. The predicted molar refractivity (Wildman–Crippen MR) is 147 cm³/mol. The van der Waals surface area contributed by atoms with Gasteiger partial charge in [-0.2, -0.15) is 4.98 Å². The zero-order chi connectivity index (χ0) is 30.7. The summed E-state index contributed by atoms with van der Waals surface area (Å²) in [7, 11) is 2.90. The molecule has 1 aliphatic rings. The van der Waals surface area contributed by atoms with E-state index in [2.05, 4.69) is 4.98 Å². The molecule has 1 unspecified atom stereocenters. The van der Waals surface area contributed by atoms with Gasteiger partial charge >= 0.3 is 12.5 Å². The van der Waals surface area contributed by atoms with Gasteiger partial charge in [-0.1, -0.05) is 11.6 Å². The van der Waals surface area contributed by atoms with Crippen LogP contribution in [0.3, 0.4) is 0 Å². The molecule has 0 aliphatic carbocycles. The number of nitrogens with two attached hydrogens (primary N) is 1. The third-order valence-electron chi connectivity index (χ3n) is 6.04. The molecule has 0 radical (unpaired) electrons. The number of benzene rings is 2.